The van der Waals surface area contributed by atoms with Crippen LogP contribution in [0.1, 0.15) is 21.5 Å². The summed E-state index contributed by atoms with van der Waals surface area (Å²) in [6.45, 7) is 0.480. The first-order valence-corrected chi connectivity index (χ1v) is 9.47. The zero-order chi connectivity index (χ0) is 21.3. The van der Waals surface area contributed by atoms with Crippen molar-refractivity contribution in [2.75, 3.05) is 11.9 Å². The van der Waals surface area contributed by atoms with Gasteiger partial charge >= 0.3 is 0 Å². The van der Waals surface area contributed by atoms with Crippen LogP contribution in [0.3, 0.4) is 0 Å². The number of carbonyl (C=O) groups is 2. The molecule has 7 nitrogen and oxygen atoms in total. The Bertz CT molecular complexity index is 1030. The van der Waals surface area contributed by atoms with Crippen molar-refractivity contribution in [2.45, 2.75) is 12.8 Å². The van der Waals surface area contributed by atoms with Crippen molar-refractivity contribution < 1.29 is 14.5 Å². The zero-order valence-electron chi connectivity index (χ0n) is 16.2. The summed E-state index contributed by atoms with van der Waals surface area (Å²) in [5.41, 5.74) is 2.53. The first kappa shape index (κ1) is 20.7. The number of benzene rings is 3. The van der Waals surface area contributed by atoms with Crippen molar-refractivity contribution in [2.24, 2.45) is 0 Å². The first-order valence-electron chi connectivity index (χ1n) is 9.47. The molecule has 0 fully saturated rings. The van der Waals surface area contributed by atoms with Gasteiger partial charge in [0.05, 0.1) is 22.6 Å². The van der Waals surface area contributed by atoms with Gasteiger partial charge in [-0.2, -0.15) is 0 Å². The Kier molecular flexibility index (Phi) is 6.89. The van der Waals surface area contributed by atoms with Gasteiger partial charge in [0, 0.05) is 18.7 Å². The predicted octanol–water partition coefficient (Wildman–Crippen LogP) is 3.75. The zero-order valence-corrected chi connectivity index (χ0v) is 16.2. The van der Waals surface area contributed by atoms with E-state index in [4.69, 9.17) is 0 Å². The molecule has 0 aliphatic rings. The van der Waals surface area contributed by atoms with E-state index in [0.29, 0.717) is 29.8 Å². The molecule has 30 heavy (non-hydrogen) atoms. The normalized spacial score (nSPS) is 10.3. The minimum absolute atomic E-state index is 0.0309. The number of amides is 2. The van der Waals surface area contributed by atoms with Crippen LogP contribution >= 0.6 is 0 Å². The van der Waals surface area contributed by atoms with Crippen LogP contribution in [0.5, 0.6) is 0 Å². The van der Waals surface area contributed by atoms with Gasteiger partial charge in [0.2, 0.25) is 5.91 Å². The number of nitro benzene ring substituents is 1. The van der Waals surface area contributed by atoms with Crippen LogP contribution in [0.15, 0.2) is 78.9 Å². The fraction of sp³-hybridized carbons (Fsp3) is 0.130. The Balaban J connectivity index is 1.59. The quantitative estimate of drug-likeness (QED) is 0.442. The van der Waals surface area contributed by atoms with Gasteiger partial charge in [0.1, 0.15) is 0 Å². The second-order valence-corrected chi connectivity index (χ2v) is 6.69. The molecule has 0 aromatic heterocycles. The number of rotatable bonds is 8. The molecule has 3 aromatic carbocycles. The molecule has 3 rings (SSSR count). The van der Waals surface area contributed by atoms with Gasteiger partial charge in [0.25, 0.3) is 11.6 Å². The van der Waals surface area contributed by atoms with Gasteiger partial charge in [-0.15, -0.1) is 0 Å². The maximum atomic E-state index is 12.6. The van der Waals surface area contributed by atoms with Crippen LogP contribution in [0.4, 0.5) is 11.4 Å². The lowest BCUT2D eigenvalue weighted by molar-refractivity contribution is -0.384. The smallest absolute Gasteiger partial charge is 0.269 e. The summed E-state index contributed by atoms with van der Waals surface area (Å²) in [7, 11) is 0. The average Bonchev–Trinajstić information content (AvgIpc) is 2.75. The van der Waals surface area contributed by atoms with E-state index in [2.05, 4.69) is 10.6 Å². The van der Waals surface area contributed by atoms with Crippen LogP contribution in [0.25, 0.3) is 0 Å². The van der Waals surface area contributed by atoms with Crippen LogP contribution in [-0.2, 0) is 17.6 Å². The molecule has 0 heterocycles. The highest BCUT2D eigenvalue weighted by Crippen LogP contribution is 2.17. The average molecular weight is 403 g/mol. The minimum atomic E-state index is -0.490. The minimum Gasteiger partial charge on any atom is -0.352 e. The largest absolute Gasteiger partial charge is 0.352 e. The third-order valence-electron chi connectivity index (χ3n) is 4.50. The second-order valence-electron chi connectivity index (χ2n) is 6.69. The van der Waals surface area contributed by atoms with Gasteiger partial charge in [-0.3, -0.25) is 19.7 Å². The molecule has 0 spiro atoms. The monoisotopic (exact) mass is 403 g/mol. The summed E-state index contributed by atoms with van der Waals surface area (Å²) in [5.74, 6) is -0.578. The Labute approximate surface area is 173 Å². The molecule has 0 radical (unpaired) electrons. The molecule has 2 amide bonds. The third-order valence-corrected chi connectivity index (χ3v) is 4.50. The van der Waals surface area contributed by atoms with E-state index in [-0.39, 0.29) is 23.9 Å². The summed E-state index contributed by atoms with van der Waals surface area (Å²) in [5, 5.41) is 16.3. The molecule has 152 valence electrons. The lowest BCUT2D eigenvalue weighted by atomic mass is 10.1. The van der Waals surface area contributed by atoms with Gasteiger partial charge in [-0.1, -0.05) is 54.6 Å². The van der Waals surface area contributed by atoms with Gasteiger partial charge in [-0.05, 0) is 29.7 Å². The molecule has 3 aromatic rings. The van der Waals surface area contributed by atoms with Crippen molar-refractivity contribution in [3.63, 3.8) is 0 Å². The summed E-state index contributed by atoms with van der Waals surface area (Å²) < 4.78 is 0. The highest BCUT2D eigenvalue weighted by Gasteiger charge is 2.13. The Morgan fingerprint density at radius 2 is 1.50 bits per heavy atom. The van der Waals surface area contributed by atoms with E-state index in [9.17, 15) is 19.7 Å². The van der Waals surface area contributed by atoms with Crippen molar-refractivity contribution in [1.29, 1.82) is 0 Å². The van der Waals surface area contributed by atoms with Gasteiger partial charge in [-0.25, -0.2) is 0 Å². The topological polar surface area (TPSA) is 101 Å². The Morgan fingerprint density at radius 1 is 0.833 bits per heavy atom. The number of anilines is 1. The fourth-order valence-electron chi connectivity index (χ4n) is 2.97. The SMILES string of the molecule is O=C(Cc1ccc([N+](=O)[O-])cc1)Nc1ccccc1C(=O)NCCc1ccccc1. The summed E-state index contributed by atoms with van der Waals surface area (Å²) >= 11 is 0. The molecule has 0 saturated heterocycles. The van der Waals surface area contributed by atoms with E-state index < -0.39 is 4.92 Å². The van der Waals surface area contributed by atoms with Crippen molar-refractivity contribution >= 4 is 23.2 Å². The summed E-state index contributed by atoms with van der Waals surface area (Å²) in [4.78, 5) is 35.2. The molecule has 0 saturated carbocycles. The number of nitro groups is 1. The highest BCUT2D eigenvalue weighted by molar-refractivity contribution is 6.04. The predicted molar refractivity (Wildman–Crippen MR) is 114 cm³/mol. The fourth-order valence-corrected chi connectivity index (χ4v) is 2.97. The van der Waals surface area contributed by atoms with E-state index in [1.807, 2.05) is 30.3 Å². The van der Waals surface area contributed by atoms with Gasteiger partial charge < -0.3 is 10.6 Å². The molecule has 2 N–H and O–H groups in total. The lowest BCUT2D eigenvalue weighted by Crippen LogP contribution is -2.27. The van der Waals surface area contributed by atoms with E-state index in [0.717, 1.165) is 5.56 Å². The Hall–Kier alpha value is -4.00. The Morgan fingerprint density at radius 3 is 2.20 bits per heavy atom. The molecule has 0 atom stereocenters. The standard InChI is InChI=1S/C23H21N3O4/c27-22(16-18-10-12-19(13-11-18)26(29)30)25-21-9-5-4-8-20(21)23(28)24-15-14-17-6-2-1-3-7-17/h1-13H,14-16H2,(H,24,28)(H,25,27). The number of nitrogens with zero attached hydrogens (tertiary/aromatic N) is 1. The number of non-ortho nitro benzene ring substituents is 1. The molecular weight excluding hydrogens is 382 g/mol. The second kappa shape index (κ2) is 9.97. The molecular formula is C23H21N3O4. The van der Waals surface area contributed by atoms with Crippen molar-refractivity contribution in [1.82, 2.24) is 5.32 Å². The number of carbonyl (C=O) groups excluding carboxylic acids is 2. The molecule has 0 bridgehead atoms. The number of hydrogen-bond acceptors (Lipinski definition) is 4. The first-order chi connectivity index (χ1) is 14.5. The summed E-state index contributed by atoms with van der Waals surface area (Å²) in [6.07, 6.45) is 0.753. The molecule has 0 aliphatic carbocycles. The van der Waals surface area contributed by atoms with Crippen LogP contribution < -0.4 is 10.6 Å². The van der Waals surface area contributed by atoms with Crippen molar-refractivity contribution in [3.8, 4) is 0 Å². The number of para-hydroxylation sites is 1. The maximum Gasteiger partial charge on any atom is 0.269 e. The number of nitrogens with one attached hydrogen (secondary N) is 2. The van der Waals surface area contributed by atoms with Crippen LogP contribution in [0, 0.1) is 10.1 Å². The van der Waals surface area contributed by atoms with Crippen molar-refractivity contribution in [3.05, 3.63) is 106 Å². The van der Waals surface area contributed by atoms with Gasteiger partial charge in [0.15, 0.2) is 0 Å². The summed E-state index contributed by atoms with van der Waals surface area (Å²) in [6, 6.07) is 22.4. The molecule has 7 heteroatoms. The van der Waals surface area contributed by atoms with E-state index >= 15 is 0 Å². The maximum absolute atomic E-state index is 12.6. The lowest BCUT2D eigenvalue weighted by Gasteiger charge is -2.11. The molecule has 0 unspecified atom stereocenters. The van der Waals surface area contributed by atoms with E-state index in [1.165, 1.54) is 12.1 Å². The highest BCUT2D eigenvalue weighted by atomic mass is 16.6. The molecule has 0 aliphatic heterocycles. The van der Waals surface area contributed by atoms with Crippen LogP contribution in [0.2, 0.25) is 0 Å². The van der Waals surface area contributed by atoms with Crippen LogP contribution in [-0.4, -0.2) is 23.3 Å². The number of hydrogen-bond donors (Lipinski definition) is 2. The third kappa shape index (κ3) is 5.75. The van der Waals surface area contributed by atoms with E-state index in [1.54, 1.807) is 36.4 Å².